The molecule has 0 radical (unpaired) electrons. The summed E-state index contributed by atoms with van der Waals surface area (Å²) in [5.74, 6) is -0.629. The highest BCUT2D eigenvalue weighted by Gasteiger charge is 2.26. The van der Waals surface area contributed by atoms with Crippen LogP contribution in [0.5, 0.6) is 0 Å². The zero-order chi connectivity index (χ0) is 14.0. The minimum absolute atomic E-state index is 0.0152. The molecule has 0 aromatic heterocycles. The van der Waals surface area contributed by atoms with Gasteiger partial charge in [-0.05, 0) is 43.9 Å². The molecule has 0 atom stereocenters. The Bertz CT molecular complexity index is 557. The summed E-state index contributed by atoms with van der Waals surface area (Å²) in [6.07, 6.45) is 2.94. The lowest BCUT2D eigenvalue weighted by Crippen LogP contribution is -2.40. The molecule has 0 unspecified atom stereocenters. The standard InChI is InChI=1S/C12H16ClFN2O2S/c13-11-6-1-8(14)7-12(11)19(17,18)16-10-4-2-9(15)3-5-10/h1,6-7,9-10,16H,2-5,15H2. The molecule has 2 rings (SSSR count). The van der Waals surface area contributed by atoms with E-state index in [9.17, 15) is 12.8 Å². The van der Waals surface area contributed by atoms with Crippen LogP contribution in [0.15, 0.2) is 23.1 Å². The maximum Gasteiger partial charge on any atom is 0.242 e. The summed E-state index contributed by atoms with van der Waals surface area (Å²) in [5, 5.41) is 0.0152. The fourth-order valence-corrected chi connectivity index (χ4v) is 4.02. The smallest absolute Gasteiger partial charge is 0.242 e. The molecule has 1 aliphatic rings. The second-order valence-electron chi connectivity index (χ2n) is 4.81. The van der Waals surface area contributed by atoms with Gasteiger partial charge in [-0.2, -0.15) is 0 Å². The largest absolute Gasteiger partial charge is 0.328 e. The molecule has 19 heavy (non-hydrogen) atoms. The Labute approximate surface area is 117 Å². The second kappa shape index (κ2) is 5.75. The maximum absolute atomic E-state index is 13.1. The van der Waals surface area contributed by atoms with E-state index in [1.807, 2.05) is 0 Å². The third-order valence-electron chi connectivity index (χ3n) is 3.28. The molecule has 0 spiro atoms. The average molecular weight is 307 g/mol. The number of hydrogen-bond donors (Lipinski definition) is 2. The number of nitrogens with one attached hydrogen (secondary N) is 1. The zero-order valence-corrected chi connectivity index (χ0v) is 11.8. The van der Waals surface area contributed by atoms with Crippen LogP contribution in [0.3, 0.4) is 0 Å². The van der Waals surface area contributed by atoms with Gasteiger partial charge in [0, 0.05) is 12.1 Å². The summed E-state index contributed by atoms with van der Waals surface area (Å²) >= 11 is 5.82. The van der Waals surface area contributed by atoms with Crippen LogP contribution in [-0.2, 0) is 10.0 Å². The summed E-state index contributed by atoms with van der Waals surface area (Å²) in [6, 6.07) is 3.27. The molecule has 1 aliphatic carbocycles. The summed E-state index contributed by atoms with van der Waals surface area (Å²) < 4.78 is 40.0. The van der Waals surface area contributed by atoms with Gasteiger partial charge in [0.2, 0.25) is 10.0 Å². The number of rotatable bonds is 3. The van der Waals surface area contributed by atoms with Crippen LogP contribution < -0.4 is 10.5 Å². The van der Waals surface area contributed by atoms with Crippen molar-refractivity contribution in [2.45, 2.75) is 42.7 Å². The quantitative estimate of drug-likeness (QED) is 0.897. The molecule has 0 aliphatic heterocycles. The lowest BCUT2D eigenvalue weighted by atomic mass is 9.93. The predicted molar refractivity (Wildman–Crippen MR) is 72.0 cm³/mol. The van der Waals surface area contributed by atoms with E-state index in [0.717, 1.165) is 25.0 Å². The Hall–Kier alpha value is -0.690. The summed E-state index contributed by atoms with van der Waals surface area (Å²) in [7, 11) is -3.79. The van der Waals surface area contributed by atoms with E-state index in [4.69, 9.17) is 17.3 Å². The van der Waals surface area contributed by atoms with Crippen molar-refractivity contribution in [1.29, 1.82) is 0 Å². The number of benzene rings is 1. The molecule has 4 nitrogen and oxygen atoms in total. The molecule has 0 saturated heterocycles. The van der Waals surface area contributed by atoms with Gasteiger partial charge >= 0.3 is 0 Å². The Balaban J connectivity index is 2.16. The van der Waals surface area contributed by atoms with E-state index in [1.54, 1.807) is 0 Å². The van der Waals surface area contributed by atoms with Crippen molar-refractivity contribution in [3.8, 4) is 0 Å². The Morgan fingerprint density at radius 1 is 1.26 bits per heavy atom. The normalized spacial score (nSPS) is 24.4. The first-order valence-corrected chi connectivity index (χ1v) is 7.97. The van der Waals surface area contributed by atoms with Gasteiger partial charge in [-0.1, -0.05) is 11.6 Å². The van der Waals surface area contributed by atoms with Crippen LogP contribution in [-0.4, -0.2) is 20.5 Å². The molecule has 0 bridgehead atoms. The molecule has 1 saturated carbocycles. The summed E-state index contributed by atoms with van der Waals surface area (Å²) in [4.78, 5) is -0.218. The van der Waals surface area contributed by atoms with E-state index in [1.165, 1.54) is 6.07 Å². The molecule has 1 aromatic rings. The van der Waals surface area contributed by atoms with Crippen molar-refractivity contribution < 1.29 is 12.8 Å². The number of nitrogens with two attached hydrogens (primary N) is 1. The van der Waals surface area contributed by atoms with E-state index in [-0.39, 0.29) is 22.0 Å². The van der Waals surface area contributed by atoms with Crippen molar-refractivity contribution in [1.82, 2.24) is 4.72 Å². The van der Waals surface area contributed by atoms with E-state index in [0.29, 0.717) is 12.8 Å². The number of hydrogen-bond acceptors (Lipinski definition) is 3. The monoisotopic (exact) mass is 306 g/mol. The van der Waals surface area contributed by atoms with E-state index >= 15 is 0 Å². The van der Waals surface area contributed by atoms with E-state index < -0.39 is 15.8 Å². The molecule has 7 heteroatoms. The van der Waals surface area contributed by atoms with E-state index in [2.05, 4.69) is 4.72 Å². The highest BCUT2D eigenvalue weighted by atomic mass is 35.5. The number of halogens is 2. The molecule has 1 fully saturated rings. The van der Waals surface area contributed by atoms with Crippen molar-refractivity contribution in [2.75, 3.05) is 0 Å². The minimum atomic E-state index is -3.79. The SMILES string of the molecule is NC1CCC(NS(=O)(=O)c2cc(F)ccc2Cl)CC1. The van der Waals surface area contributed by atoms with Gasteiger partial charge < -0.3 is 5.73 Å². The fourth-order valence-electron chi connectivity index (χ4n) is 2.20. The van der Waals surface area contributed by atoms with Crippen LogP contribution in [0.1, 0.15) is 25.7 Å². The highest BCUT2D eigenvalue weighted by Crippen LogP contribution is 2.24. The lowest BCUT2D eigenvalue weighted by molar-refractivity contribution is 0.373. The molecule has 106 valence electrons. The van der Waals surface area contributed by atoms with Gasteiger partial charge in [0.05, 0.1) is 5.02 Å². The van der Waals surface area contributed by atoms with Crippen LogP contribution >= 0.6 is 11.6 Å². The van der Waals surface area contributed by atoms with Gasteiger partial charge in [0.15, 0.2) is 0 Å². The average Bonchev–Trinajstić information content (AvgIpc) is 2.35. The van der Waals surface area contributed by atoms with Crippen molar-refractivity contribution in [3.05, 3.63) is 29.0 Å². The van der Waals surface area contributed by atoms with Crippen molar-refractivity contribution in [3.63, 3.8) is 0 Å². The van der Waals surface area contributed by atoms with Crippen LogP contribution in [0.25, 0.3) is 0 Å². The van der Waals surface area contributed by atoms with Gasteiger partial charge in [-0.3, -0.25) is 0 Å². The zero-order valence-electron chi connectivity index (χ0n) is 10.3. The second-order valence-corrected chi connectivity index (χ2v) is 6.90. The lowest BCUT2D eigenvalue weighted by Gasteiger charge is -2.26. The van der Waals surface area contributed by atoms with Gasteiger partial charge in [-0.25, -0.2) is 17.5 Å². The van der Waals surface area contributed by atoms with Gasteiger partial charge in [0.1, 0.15) is 10.7 Å². The fraction of sp³-hybridized carbons (Fsp3) is 0.500. The Morgan fingerprint density at radius 2 is 1.89 bits per heavy atom. The molecular weight excluding hydrogens is 291 g/mol. The Kier molecular flexibility index (Phi) is 4.45. The molecular formula is C12H16ClFN2O2S. The molecule has 0 heterocycles. The minimum Gasteiger partial charge on any atom is -0.328 e. The van der Waals surface area contributed by atoms with Crippen LogP contribution in [0, 0.1) is 5.82 Å². The maximum atomic E-state index is 13.1. The van der Waals surface area contributed by atoms with Gasteiger partial charge in [0.25, 0.3) is 0 Å². The summed E-state index contributed by atoms with van der Waals surface area (Å²) in [5.41, 5.74) is 5.77. The third-order valence-corrected chi connectivity index (χ3v) is 5.28. The third kappa shape index (κ3) is 3.66. The first kappa shape index (κ1) is 14.7. The van der Waals surface area contributed by atoms with Crippen molar-refractivity contribution >= 4 is 21.6 Å². The first-order chi connectivity index (χ1) is 8.88. The molecule has 0 amide bonds. The molecule has 3 N–H and O–H groups in total. The van der Waals surface area contributed by atoms with Crippen LogP contribution in [0.4, 0.5) is 4.39 Å². The van der Waals surface area contributed by atoms with Crippen molar-refractivity contribution in [2.24, 2.45) is 5.73 Å². The van der Waals surface area contributed by atoms with Gasteiger partial charge in [-0.15, -0.1) is 0 Å². The predicted octanol–water partition coefficient (Wildman–Crippen LogP) is 2.03. The topological polar surface area (TPSA) is 72.2 Å². The first-order valence-electron chi connectivity index (χ1n) is 6.11. The highest BCUT2D eigenvalue weighted by molar-refractivity contribution is 7.89. The molecule has 1 aromatic carbocycles. The van der Waals surface area contributed by atoms with Crippen LogP contribution in [0.2, 0.25) is 5.02 Å². The number of sulfonamides is 1. The Morgan fingerprint density at radius 3 is 2.53 bits per heavy atom. The summed E-state index contributed by atoms with van der Waals surface area (Å²) in [6.45, 7) is 0.